The van der Waals surface area contributed by atoms with Gasteiger partial charge in [-0.2, -0.15) is 0 Å². The number of hydrogen-bond donors (Lipinski definition) is 1. The third-order valence-corrected chi connectivity index (χ3v) is 3.57. The topological polar surface area (TPSA) is 50.8 Å². The second kappa shape index (κ2) is 9.76. The molecule has 0 fully saturated rings. The van der Waals surface area contributed by atoms with Gasteiger partial charge in [0.1, 0.15) is 5.75 Å². The van der Waals surface area contributed by atoms with E-state index in [1.807, 2.05) is 25.1 Å². The minimum absolute atomic E-state index is 0.0290. The van der Waals surface area contributed by atoms with Gasteiger partial charge in [-0.1, -0.05) is 15.9 Å². The predicted octanol–water partition coefficient (Wildman–Crippen LogP) is 2.04. The smallest absolute Gasteiger partial charge is 0.260 e. The van der Waals surface area contributed by atoms with Crippen molar-refractivity contribution in [2.45, 2.75) is 13.5 Å². The van der Waals surface area contributed by atoms with E-state index >= 15 is 0 Å². The summed E-state index contributed by atoms with van der Waals surface area (Å²) >= 11 is 3.45. The molecular weight excluding hydrogens is 336 g/mol. The van der Waals surface area contributed by atoms with Crippen LogP contribution >= 0.6 is 15.9 Å². The maximum absolute atomic E-state index is 11.8. The predicted molar refractivity (Wildman–Crippen MR) is 86.5 cm³/mol. The molecule has 0 saturated carbocycles. The monoisotopic (exact) mass is 358 g/mol. The second-order valence-electron chi connectivity index (χ2n) is 4.62. The Kier molecular flexibility index (Phi) is 8.34. The van der Waals surface area contributed by atoms with Crippen molar-refractivity contribution in [3.8, 4) is 5.75 Å². The summed E-state index contributed by atoms with van der Waals surface area (Å²) in [6.07, 6.45) is 0. The van der Waals surface area contributed by atoms with Gasteiger partial charge in [-0.15, -0.1) is 0 Å². The average molecular weight is 359 g/mol. The molecule has 0 aliphatic carbocycles. The molecule has 0 aliphatic heterocycles. The zero-order valence-electron chi connectivity index (χ0n) is 12.8. The number of carbonyl (C=O) groups excluding carboxylic acids is 1. The lowest BCUT2D eigenvalue weighted by Crippen LogP contribution is -2.31. The van der Waals surface area contributed by atoms with Crippen LogP contribution in [0.1, 0.15) is 12.5 Å². The SMILES string of the molecule is CCN(C)C(=O)COc1ccc(Br)cc1CNCCOC. The first-order valence-electron chi connectivity index (χ1n) is 6.93. The molecule has 1 amide bonds. The molecule has 1 N–H and O–H groups in total. The van der Waals surface area contributed by atoms with Crippen LogP contribution in [0.2, 0.25) is 0 Å². The summed E-state index contributed by atoms with van der Waals surface area (Å²) in [5.74, 6) is 0.694. The van der Waals surface area contributed by atoms with Gasteiger partial charge in [-0.3, -0.25) is 4.79 Å². The summed E-state index contributed by atoms with van der Waals surface area (Å²) in [5.41, 5.74) is 1.01. The van der Waals surface area contributed by atoms with Gasteiger partial charge in [0.2, 0.25) is 0 Å². The Labute approximate surface area is 134 Å². The van der Waals surface area contributed by atoms with Crippen molar-refractivity contribution < 1.29 is 14.3 Å². The molecule has 1 aromatic rings. The Morgan fingerprint density at radius 1 is 1.43 bits per heavy atom. The molecule has 6 heteroatoms. The van der Waals surface area contributed by atoms with E-state index in [0.29, 0.717) is 19.7 Å². The van der Waals surface area contributed by atoms with Gasteiger partial charge >= 0.3 is 0 Å². The molecule has 0 aromatic heterocycles. The molecule has 0 aliphatic rings. The number of amides is 1. The number of carbonyl (C=O) groups is 1. The van der Waals surface area contributed by atoms with Crippen molar-refractivity contribution in [3.63, 3.8) is 0 Å². The van der Waals surface area contributed by atoms with Gasteiger partial charge in [0.25, 0.3) is 5.91 Å². The van der Waals surface area contributed by atoms with Crippen LogP contribution in [0, 0.1) is 0 Å². The van der Waals surface area contributed by atoms with Gasteiger partial charge < -0.3 is 19.7 Å². The minimum Gasteiger partial charge on any atom is -0.483 e. The first-order valence-corrected chi connectivity index (χ1v) is 7.72. The summed E-state index contributed by atoms with van der Waals surface area (Å²) < 4.78 is 11.6. The molecule has 0 heterocycles. The van der Waals surface area contributed by atoms with Crippen LogP contribution in [0.3, 0.4) is 0 Å². The number of nitrogens with zero attached hydrogens (tertiary/aromatic N) is 1. The summed E-state index contributed by atoms with van der Waals surface area (Å²) in [6.45, 7) is 4.74. The highest BCUT2D eigenvalue weighted by atomic mass is 79.9. The van der Waals surface area contributed by atoms with E-state index in [0.717, 1.165) is 22.3 Å². The van der Waals surface area contributed by atoms with Crippen molar-refractivity contribution in [3.05, 3.63) is 28.2 Å². The number of ether oxygens (including phenoxy) is 2. The number of likely N-dealkylation sites (N-methyl/N-ethyl adjacent to an activating group) is 1. The molecule has 0 unspecified atom stereocenters. The van der Waals surface area contributed by atoms with E-state index in [2.05, 4.69) is 21.2 Å². The first kappa shape index (κ1) is 17.9. The van der Waals surface area contributed by atoms with Crippen LogP contribution in [-0.2, 0) is 16.1 Å². The summed E-state index contributed by atoms with van der Waals surface area (Å²) in [4.78, 5) is 13.4. The van der Waals surface area contributed by atoms with Crippen LogP contribution in [0.4, 0.5) is 0 Å². The van der Waals surface area contributed by atoms with Crippen LogP contribution in [-0.4, -0.2) is 51.3 Å². The maximum atomic E-state index is 11.8. The summed E-state index contributed by atoms with van der Waals surface area (Å²) in [5, 5.41) is 3.27. The molecule has 5 nitrogen and oxygen atoms in total. The van der Waals surface area contributed by atoms with Gasteiger partial charge in [-0.25, -0.2) is 0 Å². The Hall–Kier alpha value is -1.11. The van der Waals surface area contributed by atoms with Crippen LogP contribution < -0.4 is 10.1 Å². The molecule has 21 heavy (non-hydrogen) atoms. The number of nitrogens with one attached hydrogen (secondary N) is 1. The van der Waals surface area contributed by atoms with E-state index in [1.165, 1.54) is 0 Å². The van der Waals surface area contributed by atoms with Gasteiger partial charge in [0, 0.05) is 43.8 Å². The fraction of sp³-hybridized carbons (Fsp3) is 0.533. The number of rotatable bonds is 9. The van der Waals surface area contributed by atoms with Crippen molar-refractivity contribution in [1.29, 1.82) is 0 Å². The third kappa shape index (κ3) is 6.46. The molecule has 0 bridgehead atoms. The van der Waals surface area contributed by atoms with Gasteiger partial charge in [0.15, 0.2) is 6.61 Å². The largest absolute Gasteiger partial charge is 0.483 e. The van der Waals surface area contributed by atoms with Crippen molar-refractivity contribution in [1.82, 2.24) is 10.2 Å². The zero-order chi connectivity index (χ0) is 15.7. The first-order chi connectivity index (χ1) is 10.1. The highest BCUT2D eigenvalue weighted by Crippen LogP contribution is 2.23. The lowest BCUT2D eigenvalue weighted by molar-refractivity contribution is -0.131. The van der Waals surface area contributed by atoms with Crippen LogP contribution in [0.15, 0.2) is 22.7 Å². The van der Waals surface area contributed by atoms with E-state index in [4.69, 9.17) is 9.47 Å². The standard InChI is InChI=1S/C15H23BrN2O3/c1-4-18(2)15(19)11-21-14-6-5-13(16)9-12(14)10-17-7-8-20-3/h5-6,9,17H,4,7-8,10-11H2,1-3H3. The normalized spacial score (nSPS) is 10.5. The number of methoxy groups -OCH3 is 1. The number of hydrogen-bond acceptors (Lipinski definition) is 4. The van der Waals surface area contributed by atoms with Gasteiger partial charge in [0.05, 0.1) is 6.61 Å². The highest BCUT2D eigenvalue weighted by molar-refractivity contribution is 9.10. The van der Waals surface area contributed by atoms with E-state index in [9.17, 15) is 4.79 Å². The molecule has 1 rings (SSSR count). The Morgan fingerprint density at radius 2 is 2.19 bits per heavy atom. The fourth-order valence-corrected chi connectivity index (χ4v) is 2.06. The molecule has 0 atom stereocenters. The number of halogens is 1. The maximum Gasteiger partial charge on any atom is 0.260 e. The van der Waals surface area contributed by atoms with Gasteiger partial charge in [-0.05, 0) is 25.1 Å². The molecule has 0 saturated heterocycles. The summed E-state index contributed by atoms with van der Waals surface area (Å²) in [7, 11) is 3.44. The Balaban J connectivity index is 2.61. The summed E-state index contributed by atoms with van der Waals surface area (Å²) in [6, 6.07) is 5.77. The lowest BCUT2D eigenvalue weighted by atomic mass is 10.2. The minimum atomic E-state index is -0.0290. The molecule has 1 aromatic carbocycles. The average Bonchev–Trinajstić information content (AvgIpc) is 2.49. The van der Waals surface area contributed by atoms with Crippen LogP contribution in [0.5, 0.6) is 5.75 Å². The second-order valence-corrected chi connectivity index (χ2v) is 5.53. The van der Waals surface area contributed by atoms with E-state index in [1.54, 1.807) is 19.1 Å². The van der Waals surface area contributed by atoms with Crippen molar-refractivity contribution in [2.75, 3.05) is 40.5 Å². The fourth-order valence-electron chi connectivity index (χ4n) is 1.65. The quantitative estimate of drug-likeness (QED) is 0.686. The molecule has 118 valence electrons. The van der Waals surface area contributed by atoms with Crippen molar-refractivity contribution >= 4 is 21.8 Å². The molecular formula is C15H23BrN2O3. The Morgan fingerprint density at radius 3 is 2.86 bits per heavy atom. The lowest BCUT2D eigenvalue weighted by Gasteiger charge is -2.16. The van der Waals surface area contributed by atoms with E-state index < -0.39 is 0 Å². The third-order valence-electron chi connectivity index (χ3n) is 3.07. The van der Waals surface area contributed by atoms with Crippen molar-refractivity contribution in [2.24, 2.45) is 0 Å². The highest BCUT2D eigenvalue weighted by Gasteiger charge is 2.10. The van der Waals surface area contributed by atoms with E-state index in [-0.39, 0.29) is 12.5 Å². The number of benzene rings is 1. The molecule has 0 spiro atoms. The van der Waals surface area contributed by atoms with Crippen LogP contribution in [0.25, 0.3) is 0 Å². The molecule has 0 radical (unpaired) electrons. The zero-order valence-corrected chi connectivity index (χ0v) is 14.4. The Bertz CT molecular complexity index is 455.